The van der Waals surface area contributed by atoms with Crippen molar-refractivity contribution in [1.82, 2.24) is 15.3 Å². The zero-order valence-corrected chi connectivity index (χ0v) is 8.09. The average molecular weight is 216 g/mol. The van der Waals surface area contributed by atoms with Gasteiger partial charge in [-0.05, 0) is 29.9 Å². The van der Waals surface area contributed by atoms with Crippen LogP contribution in [0.1, 0.15) is 18.8 Å². The van der Waals surface area contributed by atoms with E-state index in [0.717, 1.165) is 10.3 Å². The number of rotatable bonds is 2. The summed E-state index contributed by atoms with van der Waals surface area (Å²) in [6, 6.07) is 0.211. The van der Waals surface area contributed by atoms with E-state index in [4.69, 9.17) is 0 Å². The summed E-state index contributed by atoms with van der Waals surface area (Å²) < 4.78 is 0.907. The van der Waals surface area contributed by atoms with E-state index in [9.17, 15) is 0 Å². The highest BCUT2D eigenvalue weighted by Gasteiger charge is 2.03. The Labute approximate surface area is 74.4 Å². The highest BCUT2D eigenvalue weighted by atomic mass is 79.9. The van der Waals surface area contributed by atoms with Crippen molar-refractivity contribution in [3.8, 4) is 0 Å². The van der Waals surface area contributed by atoms with Crippen molar-refractivity contribution < 1.29 is 0 Å². The highest BCUT2D eigenvalue weighted by Crippen LogP contribution is 2.08. The molecule has 0 spiro atoms. The number of nitrogens with one attached hydrogen (secondary N) is 1. The maximum atomic E-state index is 4.13. The first-order chi connectivity index (χ1) is 5.24. The van der Waals surface area contributed by atoms with Crippen LogP contribution in [0.4, 0.5) is 0 Å². The largest absolute Gasteiger partial charge is 0.311 e. The fraction of sp³-hybridized carbons (Fsp3) is 0.429. The lowest BCUT2D eigenvalue weighted by molar-refractivity contribution is 0.609. The first-order valence-corrected chi connectivity index (χ1v) is 4.18. The van der Waals surface area contributed by atoms with Gasteiger partial charge in [0, 0.05) is 12.4 Å². The first kappa shape index (κ1) is 8.62. The summed E-state index contributed by atoms with van der Waals surface area (Å²) in [6.07, 6.45) is 3.49. The van der Waals surface area contributed by atoms with Gasteiger partial charge >= 0.3 is 0 Å². The molecule has 0 saturated heterocycles. The molecule has 11 heavy (non-hydrogen) atoms. The predicted molar refractivity (Wildman–Crippen MR) is 47.2 cm³/mol. The zero-order chi connectivity index (χ0) is 8.27. The molecule has 1 unspecified atom stereocenters. The van der Waals surface area contributed by atoms with Gasteiger partial charge in [0.1, 0.15) is 5.82 Å². The molecule has 1 N–H and O–H groups in total. The number of hydrogen-bond donors (Lipinski definition) is 1. The van der Waals surface area contributed by atoms with Crippen LogP contribution in [0.2, 0.25) is 0 Å². The van der Waals surface area contributed by atoms with Gasteiger partial charge in [0.2, 0.25) is 0 Å². The first-order valence-electron chi connectivity index (χ1n) is 3.38. The minimum atomic E-state index is 0.211. The van der Waals surface area contributed by atoms with E-state index in [0.29, 0.717) is 0 Å². The van der Waals surface area contributed by atoms with Gasteiger partial charge in [-0.3, -0.25) is 0 Å². The maximum Gasteiger partial charge on any atom is 0.144 e. The van der Waals surface area contributed by atoms with E-state index in [1.807, 2.05) is 14.0 Å². The number of nitrogens with zero attached hydrogens (tertiary/aromatic N) is 2. The van der Waals surface area contributed by atoms with Crippen molar-refractivity contribution in [3.63, 3.8) is 0 Å². The summed E-state index contributed by atoms with van der Waals surface area (Å²) in [7, 11) is 1.88. The molecule has 1 rings (SSSR count). The standard InChI is InChI=1S/C7H10BrN3/c1-5(9-2)7-10-3-6(8)4-11-7/h3-5,9H,1-2H3. The molecule has 1 heterocycles. The second kappa shape index (κ2) is 3.78. The van der Waals surface area contributed by atoms with Crippen molar-refractivity contribution in [3.05, 3.63) is 22.7 Å². The molecular formula is C7H10BrN3. The summed E-state index contributed by atoms with van der Waals surface area (Å²) in [5, 5.41) is 3.06. The highest BCUT2D eigenvalue weighted by molar-refractivity contribution is 9.10. The normalized spacial score (nSPS) is 13.0. The molecule has 3 nitrogen and oxygen atoms in total. The molecule has 1 aromatic rings. The van der Waals surface area contributed by atoms with Gasteiger partial charge in [0.05, 0.1) is 10.5 Å². The fourth-order valence-electron chi connectivity index (χ4n) is 0.675. The Balaban J connectivity index is 2.81. The summed E-state index contributed by atoms with van der Waals surface area (Å²) in [6.45, 7) is 2.02. The lowest BCUT2D eigenvalue weighted by Crippen LogP contribution is -2.15. The van der Waals surface area contributed by atoms with Gasteiger partial charge in [0.25, 0.3) is 0 Å². The van der Waals surface area contributed by atoms with Crippen molar-refractivity contribution in [2.24, 2.45) is 0 Å². The molecule has 0 amide bonds. The van der Waals surface area contributed by atoms with Crippen molar-refractivity contribution in [1.29, 1.82) is 0 Å². The minimum Gasteiger partial charge on any atom is -0.311 e. The van der Waals surface area contributed by atoms with E-state index in [1.54, 1.807) is 12.4 Å². The Morgan fingerprint density at radius 1 is 1.45 bits per heavy atom. The van der Waals surface area contributed by atoms with Crippen LogP contribution < -0.4 is 5.32 Å². The molecule has 0 radical (unpaired) electrons. The Bertz CT molecular complexity index is 222. The van der Waals surface area contributed by atoms with Crippen LogP contribution in [-0.2, 0) is 0 Å². The van der Waals surface area contributed by atoms with Crippen molar-refractivity contribution >= 4 is 15.9 Å². The molecule has 0 aliphatic rings. The van der Waals surface area contributed by atoms with Crippen LogP contribution in [0.5, 0.6) is 0 Å². The van der Waals surface area contributed by atoms with E-state index in [1.165, 1.54) is 0 Å². The van der Waals surface area contributed by atoms with E-state index >= 15 is 0 Å². The molecule has 0 aliphatic carbocycles. The molecule has 1 aromatic heterocycles. The van der Waals surface area contributed by atoms with Crippen LogP contribution in [0.25, 0.3) is 0 Å². The second-order valence-electron chi connectivity index (χ2n) is 2.27. The maximum absolute atomic E-state index is 4.13. The Morgan fingerprint density at radius 3 is 2.45 bits per heavy atom. The summed E-state index contributed by atoms with van der Waals surface area (Å²) in [4.78, 5) is 8.26. The van der Waals surface area contributed by atoms with Crippen LogP contribution in [0, 0.1) is 0 Å². The van der Waals surface area contributed by atoms with E-state index in [2.05, 4.69) is 31.2 Å². The Kier molecular flexibility index (Phi) is 2.96. The van der Waals surface area contributed by atoms with Crippen molar-refractivity contribution in [2.45, 2.75) is 13.0 Å². The van der Waals surface area contributed by atoms with Crippen LogP contribution in [-0.4, -0.2) is 17.0 Å². The number of aromatic nitrogens is 2. The molecule has 4 heteroatoms. The average Bonchev–Trinajstić information content (AvgIpc) is 2.05. The number of halogens is 1. The van der Waals surface area contributed by atoms with Crippen LogP contribution >= 0.6 is 15.9 Å². The Hall–Kier alpha value is -0.480. The Morgan fingerprint density at radius 2 is 2.00 bits per heavy atom. The van der Waals surface area contributed by atoms with Gasteiger partial charge in [-0.15, -0.1) is 0 Å². The molecule has 0 bridgehead atoms. The van der Waals surface area contributed by atoms with Crippen LogP contribution in [0.15, 0.2) is 16.9 Å². The SMILES string of the molecule is CNC(C)c1ncc(Br)cn1. The number of hydrogen-bond acceptors (Lipinski definition) is 3. The topological polar surface area (TPSA) is 37.8 Å². The summed E-state index contributed by atoms with van der Waals surface area (Å²) in [5.74, 6) is 0.815. The van der Waals surface area contributed by atoms with Gasteiger partial charge in [0.15, 0.2) is 0 Å². The van der Waals surface area contributed by atoms with Crippen molar-refractivity contribution in [2.75, 3.05) is 7.05 Å². The quantitative estimate of drug-likeness (QED) is 0.814. The minimum absolute atomic E-state index is 0.211. The molecule has 60 valence electrons. The molecule has 1 atom stereocenters. The third kappa shape index (κ3) is 2.24. The molecule has 0 saturated carbocycles. The van der Waals surface area contributed by atoms with Gasteiger partial charge in [-0.25, -0.2) is 9.97 Å². The molecular weight excluding hydrogens is 206 g/mol. The lowest BCUT2D eigenvalue weighted by Gasteiger charge is -2.06. The monoisotopic (exact) mass is 215 g/mol. The van der Waals surface area contributed by atoms with Crippen LogP contribution in [0.3, 0.4) is 0 Å². The lowest BCUT2D eigenvalue weighted by atomic mass is 10.3. The smallest absolute Gasteiger partial charge is 0.144 e. The third-order valence-corrected chi connectivity index (χ3v) is 1.87. The van der Waals surface area contributed by atoms with Gasteiger partial charge < -0.3 is 5.32 Å². The van der Waals surface area contributed by atoms with Gasteiger partial charge in [-0.2, -0.15) is 0 Å². The summed E-state index contributed by atoms with van der Waals surface area (Å²) >= 11 is 3.27. The molecule has 0 aromatic carbocycles. The predicted octanol–water partition coefficient (Wildman–Crippen LogP) is 1.52. The van der Waals surface area contributed by atoms with E-state index in [-0.39, 0.29) is 6.04 Å². The fourth-order valence-corrected chi connectivity index (χ4v) is 0.880. The second-order valence-corrected chi connectivity index (χ2v) is 3.19. The molecule has 0 aliphatic heterocycles. The van der Waals surface area contributed by atoms with Gasteiger partial charge in [-0.1, -0.05) is 0 Å². The molecule has 0 fully saturated rings. The zero-order valence-electron chi connectivity index (χ0n) is 6.50. The van der Waals surface area contributed by atoms with E-state index < -0.39 is 0 Å². The third-order valence-electron chi connectivity index (χ3n) is 1.46. The summed E-state index contributed by atoms with van der Waals surface area (Å²) in [5.41, 5.74) is 0.